The van der Waals surface area contributed by atoms with Crippen LogP contribution in [-0.4, -0.2) is 30.9 Å². The Morgan fingerprint density at radius 2 is 1.82 bits per heavy atom. The van der Waals surface area contributed by atoms with Crippen LogP contribution in [0.5, 0.6) is 11.5 Å². The average Bonchev–Trinajstić information content (AvgIpc) is 3.22. The number of halogens is 1. The minimum atomic E-state index is -0.786. The Morgan fingerprint density at radius 3 is 2.51 bits per heavy atom. The van der Waals surface area contributed by atoms with E-state index in [4.69, 9.17) is 25.8 Å². The molecule has 0 fully saturated rings. The molecular weight excluding hydrogens is 524 g/mol. The number of Topliss-reactive ketones (excluding diaryl/α,β-unsaturated/α-hetero) is 1. The number of carbonyl (C=O) groups excluding carboxylic acids is 2. The number of benzene rings is 3. The number of nitro groups is 1. The quantitative estimate of drug-likeness (QED) is 0.232. The summed E-state index contributed by atoms with van der Waals surface area (Å²) in [6.45, 7) is 1.75. The molecule has 0 spiro atoms. The third-order valence-corrected chi connectivity index (χ3v) is 7.02. The van der Waals surface area contributed by atoms with Gasteiger partial charge in [0.2, 0.25) is 0 Å². The largest absolute Gasteiger partial charge is 0.493 e. The zero-order valence-electron chi connectivity index (χ0n) is 21.2. The lowest BCUT2D eigenvalue weighted by atomic mass is 9.79. The van der Waals surface area contributed by atoms with Crippen LogP contribution >= 0.6 is 11.6 Å². The molecule has 1 atom stereocenters. The molecular formula is C29H23ClN2O7. The number of nitrogens with zero attached hydrogens (tertiary/aromatic N) is 1. The smallest absolute Gasteiger partial charge is 0.336 e. The van der Waals surface area contributed by atoms with Crippen LogP contribution in [0.3, 0.4) is 0 Å². The Hall–Kier alpha value is -4.63. The molecule has 1 N–H and O–H groups in total. The molecule has 0 aromatic heterocycles. The summed E-state index contributed by atoms with van der Waals surface area (Å²) in [5, 5.41) is 14.5. The molecule has 0 saturated carbocycles. The first-order valence-electron chi connectivity index (χ1n) is 11.9. The molecule has 0 saturated heterocycles. The zero-order chi connectivity index (χ0) is 27.8. The average molecular weight is 547 g/mol. The second kappa shape index (κ2) is 10.3. The van der Waals surface area contributed by atoms with E-state index in [0.29, 0.717) is 33.7 Å². The highest BCUT2D eigenvalue weighted by Gasteiger charge is 2.43. The van der Waals surface area contributed by atoms with Crippen molar-refractivity contribution in [1.29, 1.82) is 0 Å². The molecule has 39 heavy (non-hydrogen) atoms. The second-order valence-corrected chi connectivity index (χ2v) is 9.41. The van der Waals surface area contributed by atoms with Gasteiger partial charge in [-0.15, -0.1) is 0 Å². The van der Waals surface area contributed by atoms with Crippen LogP contribution in [0.2, 0.25) is 5.02 Å². The zero-order valence-corrected chi connectivity index (χ0v) is 22.0. The third-order valence-electron chi connectivity index (χ3n) is 6.74. The highest BCUT2D eigenvalue weighted by molar-refractivity contribution is 6.32. The van der Waals surface area contributed by atoms with Crippen molar-refractivity contribution < 1.29 is 28.7 Å². The lowest BCUT2D eigenvalue weighted by Crippen LogP contribution is -2.29. The van der Waals surface area contributed by atoms with Crippen LogP contribution < -0.4 is 14.8 Å². The van der Waals surface area contributed by atoms with Crippen molar-refractivity contribution in [2.45, 2.75) is 19.4 Å². The Morgan fingerprint density at radius 1 is 1.08 bits per heavy atom. The lowest BCUT2D eigenvalue weighted by molar-refractivity contribution is -0.384. The summed E-state index contributed by atoms with van der Waals surface area (Å²) in [6.07, 6.45) is 0. The standard InChI is InChI=1S/C29H23ClN2O7/c1-15-23(29(34)38-3)24(25-26(31-15)19-9-4-5-10-20(19)27(25)33)17-12-21(30)28(22(13-17)37-2)39-14-16-7-6-8-18(11-16)32(35)36/h4-13,24,31H,14H2,1-3H3/t24-/m0/s1. The van der Waals surface area contributed by atoms with Gasteiger partial charge in [-0.25, -0.2) is 4.79 Å². The molecule has 0 unspecified atom stereocenters. The van der Waals surface area contributed by atoms with E-state index in [1.165, 1.54) is 26.4 Å². The van der Waals surface area contributed by atoms with Crippen LogP contribution in [0.1, 0.15) is 39.9 Å². The van der Waals surface area contributed by atoms with Gasteiger partial charge < -0.3 is 19.5 Å². The van der Waals surface area contributed by atoms with Crippen molar-refractivity contribution in [3.8, 4) is 11.5 Å². The molecule has 198 valence electrons. The summed E-state index contributed by atoms with van der Waals surface area (Å²) < 4.78 is 16.6. The Kier molecular flexibility index (Phi) is 6.84. The van der Waals surface area contributed by atoms with Gasteiger partial charge in [-0.1, -0.05) is 48.0 Å². The molecule has 10 heteroatoms. The molecule has 5 rings (SSSR count). The summed E-state index contributed by atoms with van der Waals surface area (Å²) in [5.74, 6) is -1.08. The van der Waals surface area contributed by atoms with Gasteiger partial charge in [-0.3, -0.25) is 14.9 Å². The normalized spacial score (nSPS) is 15.9. The second-order valence-electron chi connectivity index (χ2n) is 9.00. The number of nitro benzene ring substituents is 1. The molecule has 0 radical (unpaired) electrons. The van der Waals surface area contributed by atoms with Gasteiger partial charge >= 0.3 is 5.97 Å². The van der Waals surface area contributed by atoms with E-state index in [2.05, 4.69) is 5.32 Å². The fraction of sp³-hybridized carbons (Fsp3) is 0.172. The highest BCUT2D eigenvalue weighted by atomic mass is 35.5. The predicted octanol–water partition coefficient (Wildman–Crippen LogP) is 5.58. The van der Waals surface area contributed by atoms with Gasteiger partial charge in [0.15, 0.2) is 17.3 Å². The number of allylic oxidation sites excluding steroid dienone is 2. The van der Waals surface area contributed by atoms with E-state index in [1.807, 2.05) is 12.1 Å². The number of rotatable bonds is 7. The number of hydrogen-bond donors (Lipinski definition) is 1. The minimum absolute atomic E-state index is 0.0000267. The highest BCUT2D eigenvalue weighted by Crippen LogP contribution is 2.49. The maximum atomic E-state index is 13.6. The van der Waals surface area contributed by atoms with Crippen molar-refractivity contribution in [2.24, 2.45) is 0 Å². The fourth-order valence-corrected chi connectivity index (χ4v) is 5.28. The molecule has 9 nitrogen and oxygen atoms in total. The first-order chi connectivity index (χ1) is 18.7. The summed E-state index contributed by atoms with van der Waals surface area (Å²) in [5.41, 5.74) is 4.21. The van der Waals surface area contributed by atoms with Crippen molar-refractivity contribution in [3.63, 3.8) is 0 Å². The van der Waals surface area contributed by atoms with Gasteiger partial charge in [0.25, 0.3) is 5.69 Å². The van der Waals surface area contributed by atoms with Gasteiger partial charge in [0, 0.05) is 40.4 Å². The molecule has 0 bridgehead atoms. The molecule has 3 aromatic rings. The van der Waals surface area contributed by atoms with Gasteiger partial charge in [0.1, 0.15) is 6.61 Å². The lowest BCUT2D eigenvalue weighted by Gasteiger charge is -2.29. The number of ether oxygens (including phenoxy) is 3. The fourth-order valence-electron chi connectivity index (χ4n) is 5.00. The van der Waals surface area contributed by atoms with E-state index in [9.17, 15) is 19.7 Å². The van der Waals surface area contributed by atoms with Crippen molar-refractivity contribution >= 4 is 34.7 Å². The van der Waals surface area contributed by atoms with Crippen LogP contribution in [-0.2, 0) is 16.1 Å². The maximum absolute atomic E-state index is 13.6. The SMILES string of the molecule is COC(=O)C1=C(C)NC2=C(C(=O)c3ccccc32)[C@H]1c1cc(Cl)c(OCc2cccc([N+](=O)[O-])c2)c(OC)c1. The number of carbonyl (C=O) groups is 2. The van der Waals surface area contributed by atoms with Crippen molar-refractivity contribution in [2.75, 3.05) is 14.2 Å². The summed E-state index contributed by atoms with van der Waals surface area (Å²) >= 11 is 6.68. The monoisotopic (exact) mass is 546 g/mol. The number of fused-ring (bicyclic) bond motifs is 2. The van der Waals surface area contributed by atoms with Gasteiger partial charge in [-0.2, -0.15) is 0 Å². The van der Waals surface area contributed by atoms with Gasteiger partial charge in [-0.05, 0) is 30.2 Å². The van der Waals surface area contributed by atoms with E-state index < -0.39 is 16.8 Å². The number of hydrogen-bond acceptors (Lipinski definition) is 8. The Balaban J connectivity index is 1.58. The van der Waals surface area contributed by atoms with Crippen molar-refractivity contribution in [1.82, 2.24) is 5.32 Å². The Labute approximate surface area is 228 Å². The van der Waals surface area contributed by atoms with E-state index in [-0.39, 0.29) is 40.2 Å². The maximum Gasteiger partial charge on any atom is 0.336 e. The molecule has 1 heterocycles. The topological polar surface area (TPSA) is 117 Å². The van der Waals surface area contributed by atoms with Crippen LogP contribution in [0.25, 0.3) is 5.70 Å². The third kappa shape index (κ3) is 4.51. The van der Waals surface area contributed by atoms with Crippen LogP contribution in [0, 0.1) is 10.1 Å². The number of ketones is 1. The van der Waals surface area contributed by atoms with E-state index in [0.717, 1.165) is 5.56 Å². The van der Waals surface area contributed by atoms with E-state index >= 15 is 0 Å². The Bertz CT molecular complexity index is 1610. The number of nitrogens with one attached hydrogen (secondary N) is 1. The molecule has 0 amide bonds. The molecule has 1 aliphatic carbocycles. The van der Waals surface area contributed by atoms with Crippen LogP contribution in [0.4, 0.5) is 5.69 Å². The van der Waals surface area contributed by atoms with Crippen LogP contribution in [0.15, 0.2) is 77.5 Å². The minimum Gasteiger partial charge on any atom is -0.493 e. The van der Waals surface area contributed by atoms with Crippen molar-refractivity contribution in [3.05, 3.63) is 115 Å². The number of dihydropyridines is 1. The molecule has 3 aromatic carbocycles. The number of esters is 1. The predicted molar refractivity (Wildman–Crippen MR) is 144 cm³/mol. The number of methoxy groups -OCH3 is 2. The summed E-state index contributed by atoms with van der Waals surface area (Å²) in [6, 6.07) is 16.6. The number of non-ortho nitro benzene ring substituents is 1. The summed E-state index contributed by atoms with van der Waals surface area (Å²) in [4.78, 5) is 37.2. The molecule has 2 aliphatic rings. The first-order valence-corrected chi connectivity index (χ1v) is 12.3. The van der Waals surface area contributed by atoms with E-state index in [1.54, 1.807) is 43.3 Å². The molecule has 1 aliphatic heterocycles. The first kappa shape index (κ1) is 26.0. The summed E-state index contributed by atoms with van der Waals surface area (Å²) in [7, 11) is 2.73. The van der Waals surface area contributed by atoms with Gasteiger partial charge in [0.05, 0.1) is 35.4 Å².